The lowest BCUT2D eigenvalue weighted by molar-refractivity contribution is 0.232. The molecule has 0 spiro atoms. The first kappa shape index (κ1) is 12.5. The van der Waals surface area contributed by atoms with Crippen LogP contribution >= 0.6 is 0 Å². The molecule has 1 saturated carbocycles. The van der Waals surface area contributed by atoms with E-state index in [-0.39, 0.29) is 0 Å². The van der Waals surface area contributed by atoms with Crippen LogP contribution in [0.2, 0.25) is 0 Å². The maximum Gasteiger partial charge on any atom is 0.119 e. The van der Waals surface area contributed by atoms with Gasteiger partial charge in [-0.2, -0.15) is 0 Å². The zero-order chi connectivity index (χ0) is 11.9. The Morgan fingerprint density at radius 1 is 1.00 bits per heavy atom. The number of hydrogen-bond acceptors (Lipinski definition) is 1. The highest BCUT2D eigenvalue weighted by molar-refractivity contribution is 5.20. The first-order valence-corrected chi connectivity index (χ1v) is 7.06. The molecule has 1 nitrogen and oxygen atoms in total. The van der Waals surface area contributed by atoms with Crippen LogP contribution in [0.4, 0.5) is 0 Å². The first-order valence-electron chi connectivity index (χ1n) is 7.06. The summed E-state index contributed by atoms with van der Waals surface area (Å²) in [5, 5.41) is 0. The van der Waals surface area contributed by atoms with Crippen molar-refractivity contribution in [1.29, 1.82) is 0 Å². The molecule has 0 amide bonds. The predicted octanol–water partition coefficient (Wildman–Crippen LogP) is 4.67. The number of hydrogen-bond donors (Lipinski definition) is 0. The standard InChI is InChI=1S/C16H24O/c1-2-14-7-6-8-15(12-11-14)13-17-16-9-4-3-5-10-16/h3-5,9-10,14-15H,2,6-8,11-13H2,1H3. The Morgan fingerprint density at radius 2 is 1.71 bits per heavy atom. The smallest absolute Gasteiger partial charge is 0.119 e. The molecule has 0 saturated heterocycles. The van der Waals surface area contributed by atoms with Gasteiger partial charge in [0.25, 0.3) is 0 Å². The van der Waals surface area contributed by atoms with Gasteiger partial charge in [0.1, 0.15) is 5.75 Å². The fraction of sp³-hybridized carbons (Fsp3) is 0.625. The van der Waals surface area contributed by atoms with Crippen LogP contribution in [0.15, 0.2) is 30.3 Å². The lowest BCUT2D eigenvalue weighted by atomic mass is 9.96. The number of benzene rings is 1. The van der Waals surface area contributed by atoms with Crippen molar-refractivity contribution in [2.75, 3.05) is 6.61 Å². The van der Waals surface area contributed by atoms with Gasteiger partial charge in [0.2, 0.25) is 0 Å². The van der Waals surface area contributed by atoms with Crippen molar-refractivity contribution >= 4 is 0 Å². The van der Waals surface area contributed by atoms with Gasteiger partial charge in [-0.05, 0) is 36.8 Å². The topological polar surface area (TPSA) is 9.23 Å². The number of para-hydroxylation sites is 1. The molecule has 1 aliphatic rings. The van der Waals surface area contributed by atoms with Crippen LogP contribution in [0, 0.1) is 11.8 Å². The summed E-state index contributed by atoms with van der Waals surface area (Å²) >= 11 is 0. The molecule has 1 aromatic carbocycles. The molecule has 94 valence electrons. The van der Waals surface area contributed by atoms with Gasteiger partial charge in [0.15, 0.2) is 0 Å². The minimum absolute atomic E-state index is 0.770. The van der Waals surface area contributed by atoms with E-state index >= 15 is 0 Å². The van der Waals surface area contributed by atoms with Crippen LogP contribution in [0.5, 0.6) is 5.75 Å². The zero-order valence-corrected chi connectivity index (χ0v) is 10.9. The number of rotatable bonds is 4. The first-order chi connectivity index (χ1) is 8.38. The second-order valence-corrected chi connectivity index (χ2v) is 5.27. The van der Waals surface area contributed by atoms with E-state index in [9.17, 15) is 0 Å². The van der Waals surface area contributed by atoms with Crippen LogP contribution in [-0.2, 0) is 0 Å². The Kier molecular flexibility index (Phi) is 4.90. The summed E-state index contributed by atoms with van der Waals surface area (Å²) in [5.74, 6) is 2.76. The lowest BCUT2D eigenvalue weighted by Gasteiger charge is -2.15. The van der Waals surface area contributed by atoms with Gasteiger partial charge in [-0.1, -0.05) is 50.8 Å². The molecule has 2 atom stereocenters. The third kappa shape index (κ3) is 4.07. The highest BCUT2D eigenvalue weighted by Crippen LogP contribution is 2.29. The molecule has 0 N–H and O–H groups in total. The van der Waals surface area contributed by atoms with E-state index in [4.69, 9.17) is 4.74 Å². The summed E-state index contributed by atoms with van der Waals surface area (Å²) in [4.78, 5) is 0. The van der Waals surface area contributed by atoms with Gasteiger partial charge in [0, 0.05) is 0 Å². The lowest BCUT2D eigenvalue weighted by Crippen LogP contribution is -2.11. The van der Waals surface area contributed by atoms with Crippen molar-refractivity contribution in [3.63, 3.8) is 0 Å². The van der Waals surface area contributed by atoms with Crippen molar-refractivity contribution in [3.8, 4) is 5.75 Å². The van der Waals surface area contributed by atoms with Crippen molar-refractivity contribution < 1.29 is 4.74 Å². The van der Waals surface area contributed by atoms with Gasteiger partial charge in [0.05, 0.1) is 6.61 Å². The maximum atomic E-state index is 5.87. The average molecular weight is 232 g/mol. The number of ether oxygens (including phenoxy) is 1. The predicted molar refractivity (Wildman–Crippen MR) is 72.3 cm³/mol. The van der Waals surface area contributed by atoms with Crippen LogP contribution in [0.3, 0.4) is 0 Å². The molecule has 2 unspecified atom stereocenters. The maximum absolute atomic E-state index is 5.87. The van der Waals surface area contributed by atoms with Gasteiger partial charge >= 0.3 is 0 Å². The van der Waals surface area contributed by atoms with E-state index in [1.165, 1.54) is 38.5 Å². The van der Waals surface area contributed by atoms with E-state index in [0.29, 0.717) is 0 Å². The Bertz CT molecular complexity index is 307. The fourth-order valence-corrected chi connectivity index (χ4v) is 2.76. The molecule has 0 bridgehead atoms. The summed E-state index contributed by atoms with van der Waals surface area (Å²) < 4.78 is 5.87. The van der Waals surface area contributed by atoms with E-state index in [0.717, 1.165) is 24.2 Å². The van der Waals surface area contributed by atoms with Crippen molar-refractivity contribution in [1.82, 2.24) is 0 Å². The Labute approximate surface area is 105 Å². The van der Waals surface area contributed by atoms with E-state index in [1.54, 1.807) is 0 Å². The molecule has 0 aliphatic heterocycles. The second-order valence-electron chi connectivity index (χ2n) is 5.27. The van der Waals surface area contributed by atoms with Gasteiger partial charge in [-0.25, -0.2) is 0 Å². The fourth-order valence-electron chi connectivity index (χ4n) is 2.76. The van der Waals surface area contributed by atoms with Crippen molar-refractivity contribution in [2.45, 2.75) is 45.4 Å². The Hall–Kier alpha value is -0.980. The summed E-state index contributed by atoms with van der Waals surface area (Å²) in [6, 6.07) is 10.2. The molecule has 0 radical (unpaired) electrons. The average Bonchev–Trinajstić information content (AvgIpc) is 2.62. The molecular weight excluding hydrogens is 208 g/mol. The summed E-state index contributed by atoms with van der Waals surface area (Å²) in [6.45, 7) is 3.23. The van der Waals surface area contributed by atoms with E-state index < -0.39 is 0 Å². The quantitative estimate of drug-likeness (QED) is 0.685. The van der Waals surface area contributed by atoms with Crippen LogP contribution in [-0.4, -0.2) is 6.61 Å². The molecule has 1 heteroatoms. The van der Waals surface area contributed by atoms with E-state index in [2.05, 4.69) is 6.92 Å². The second kappa shape index (κ2) is 6.68. The van der Waals surface area contributed by atoms with Crippen LogP contribution in [0.25, 0.3) is 0 Å². The zero-order valence-electron chi connectivity index (χ0n) is 10.9. The molecule has 17 heavy (non-hydrogen) atoms. The van der Waals surface area contributed by atoms with Gasteiger partial charge in [-0.3, -0.25) is 0 Å². The largest absolute Gasteiger partial charge is 0.493 e. The van der Waals surface area contributed by atoms with Crippen molar-refractivity contribution in [3.05, 3.63) is 30.3 Å². The minimum atomic E-state index is 0.770. The summed E-state index contributed by atoms with van der Waals surface area (Å²) in [5.41, 5.74) is 0. The van der Waals surface area contributed by atoms with Gasteiger partial charge in [-0.15, -0.1) is 0 Å². The molecule has 0 heterocycles. The summed E-state index contributed by atoms with van der Waals surface area (Å²) in [6.07, 6.45) is 8.28. The minimum Gasteiger partial charge on any atom is -0.493 e. The highest BCUT2D eigenvalue weighted by atomic mass is 16.5. The van der Waals surface area contributed by atoms with Crippen LogP contribution < -0.4 is 4.74 Å². The molecule has 0 aromatic heterocycles. The summed E-state index contributed by atoms with van der Waals surface area (Å²) in [7, 11) is 0. The molecule has 2 rings (SSSR count). The van der Waals surface area contributed by atoms with E-state index in [1.807, 2.05) is 30.3 Å². The Balaban J connectivity index is 1.76. The highest BCUT2D eigenvalue weighted by Gasteiger charge is 2.18. The Morgan fingerprint density at radius 3 is 2.47 bits per heavy atom. The van der Waals surface area contributed by atoms with Crippen LogP contribution in [0.1, 0.15) is 45.4 Å². The van der Waals surface area contributed by atoms with Gasteiger partial charge < -0.3 is 4.74 Å². The molecule has 1 aromatic rings. The van der Waals surface area contributed by atoms with Crippen molar-refractivity contribution in [2.24, 2.45) is 11.8 Å². The monoisotopic (exact) mass is 232 g/mol. The third-order valence-electron chi connectivity index (χ3n) is 4.01. The SMILES string of the molecule is CCC1CCCC(COc2ccccc2)CC1. The molecule has 1 aliphatic carbocycles. The third-order valence-corrected chi connectivity index (χ3v) is 4.01. The molecule has 1 fully saturated rings. The normalized spacial score (nSPS) is 25.2. The molecular formula is C16H24O.